The average molecular weight is 566 g/mol. The Morgan fingerprint density at radius 3 is 1.98 bits per heavy atom. The van der Waals surface area contributed by atoms with Crippen LogP contribution in [0.3, 0.4) is 0 Å². The number of hydrogen-bond donors (Lipinski definition) is 1. The van der Waals surface area contributed by atoms with Gasteiger partial charge in [-0.2, -0.15) is 0 Å². The van der Waals surface area contributed by atoms with Gasteiger partial charge in [-0.3, -0.25) is 9.59 Å². The minimum Gasteiger partial charge on any atom is -0.462 e. The summed E-state index contributed by atoms with van der Waals surface area (Å²) in [6.07, 6.45) is 2.64. The van der Waals surface area contributed by atoms with Crippen molar-refractivity contribution in [1.29, 1.82) is 0 Å². The summed E-state index contributed by atoms with van der Waals surface area (Å²) in [4.78, 5) is 49.2. The minimum absolute atomic E-state index is 0.0295. The number of benzene rings is 1. The molecule has 0 saturated heterocycles. The van der Waals surface area contributed by atoms with Gasteiger partial charge in [0.05, 0.1) is 5.92 Å². The Labute approximate surface area is 235 Å². The second-order valence-corrected chi connectivity index (χ2v) is 10.2. The lowest BCUT2D eigenvalue weighted by atomic mass is 9.89. The minimum atomic E-state index is -1.06. The van der Waals surface area contributed by atoms with Gasteiger partial charge in [-0.05, 0) is 70.6 Å². The van der Waals surface area contributed by atoms with Crippen LogP contribution in [-0.4, -0.2) is 55.2 Å². The normalized spacial score (nSPS) is 16.6. The Morgan fingerprint density at radius 1 is 0.825 bits per heavy atom. The van der Waals surface area contributed by atoms with E-state index in [1.54, 1.807) is 26.8 Å². The van der Waals surface area contributed by atoms with E-state index < -0.39 is 30.4 Å². The highest BCUT2D eigenvalue weighted by Crippen LogP contribution is 2.30. The van der Waals surface area contributed by atoms with E-state index in [0.29, 0.717) is 18.4 Å². The summed E-state index contributed by atoms with van der Waals surface area (Å²) >= 11 is 0. The van der Waals surface area contributed by atoms with Gasteiger partial charge in [-0.15, -0.1) is 0 Å². The fourth-order valence-electron chi connectivity index (χ4n) is 3.88. The molecule has 1 fully saturated rings. The van der Waals surface area contributed by atoms with Gasteiger partial charge in [-0.1, -0.05) is 39.2 Å². The molecule has 0 aliphatic heterocycles. The number of nitrogens with two attached hydrogens (primary N) is 1. The van der Waals surface area contributed by atoms with Crippen LogP contribution < -0.4 is 15.2 Å². The molecule has 11 nitrogen and oxygen atoms in total. The molecular formula is C29H43NO10. The molecule has 40 heavy (non-hydrogen) atoms. The van der Waals surface area contributed by atoms with Crippen LogP contribution in [-0.2, 0) is 35.0 Å². The third-order valence-corrected chi connectivity index (χ3v) is 6.61. The standard InChI is InChI=1S/C29H43NO10/c1-6-18(3)37-28(33)39-24-14-13-21(16-25(24)40-29(34)38-19(4)7-2)15-23(30)27(32)36-20(5)17-35-26(31)22-11-9-8-10-12-22/h13-14,16,18-20,22-23H,6-12,15,17,30H2,1-5H3/t18?,19?,20-,23-/m0/s1. The molecule has 0 amide bonds. The summed E-state index contributed by atoms with van der Waals surface area (Å²) in [5.41, 5.74) is 6.58. The third-order valence-electron chi connectivity index (χ3n) is 6.61. The second kappa shape index (κ2) is 16.7. The van der Waals surface area contributed by atoms with Gasteiger partial charge in [0.15, 0.2) is 11.5 Å². The summed E-state index contributed by atoms with van der Waals surface area (Å²) in [6.45, 7) is 8.70. The van der Waals surface area contributed by atoms with Gasteiger partial charge < -0.3 is 34.2 Å². The molecule has 2 rings (SSSR count). The number of carbonyl (C=O) groups excluding carboxylic acids is 4. The molecule has 2 unspecified atom stereocenters. The van der Waals surface area contributed by atoms with Crippen LogP contribution in [0.15, 0.2) is 18.2 Å². The van der Waals surface area contributed by atoms with E-state index in [-0.39, 0.29) is 48.6 Å². The first-order chi connectivity index (χ1) is 19.0. The lowest BCUT2D eigenvalue weighted by molar-refractivity contribution is -0.161. The van der Waals surface area contributed by atoms with E-state index in [0.717, 1.165) is 32.1 Å². The zero-order valence-corrected chi connectivity index (χ0v) is 24.1. The van der Waals surface area contributed by atoms with Gasteiger partial charge in [0.2, 0.25) is 0 Å². The molecule has 4 atom stereocenters. The molecule has 0 radical (unpaired) electrons. The predicted molar refractivity (Wildman–Crippen MR) is 145 cm³/mol. The van der Waals surface area contributed by atoms with Crippen molar-refractivity contribution in [3.63, 3.8) is 0 Å². The van der Waals surface area contributed by atoms with Crippen LogP contribution in [0.25, 0.3) is 0 Å². The summed E-state index contributed by atoms with van der Waals surface area (Å²) in [5.74, 6) is -1.21. The number of hydrogen-bond acceptors (Lipinski definition) is 11. The molecule has 1 aliphatic carbocycles. The summed E-state index contributed by atoms with van der Waals surface area (Å²) in [7, 11) is 0. The van der Waals surface area contributed by atoms with Crippen LogP contribution in [0.5, 0.6) is 11.5 Å². The van der Waals surface area contributed by atoms with Gasteiger partial charge in [0.25, 0.3) is 0 Å². The highest BCUT2D eigenvalue weighted by Gasteiger charge is 2.25. The van der Waals surface area contributed by atoms with Crippen molar-refractivity contribution in [2.75, 3.05) is 6.61 Å². The van der Waals surface area contributed by atoms with E-state index in [9.17, 15) is 19.2 Å². The topological polar surface area (TPSA) is 150 Å². The SMILES string of the molecule is CCC(C)OC(=O)Oc1ccc(C[C@H](N)C(=O)O[C@@H](C)COC(=O)C2CCCCC2)cc1OC(=O)OC(C)CC. The maximum atomic E-state index is 12.6. The fourth-order valence-corrected chi connectivity index (χ4v) is 3.88. The molecule has 1 saturated carbocycles. The molecule has 0 bridgehead atoms. The van der Waals surface area contributed by atoms with Crippen molar-refractivity contribution in [1.82, 2.24) is 0 Å². The van der Waals surface area contributed by atoms with Gasteiger partial charge in [0.1, 0.15) is 31.0 Å². The lowest BCUT2D eigenvalue weighted by Crippen LogP contribution is -2.37. The quantitative estimate of drug-likeness (QED) is 0.190. The highest BCUT2D eigenvalue weighted by molar-refractivity contribution is 5.76. The molecule has 1 aromatic carbocycles. The van der Waals surface area contributed by atoms with E-state index in [2.05, 4.69) is 0 Å². The maximum absolute atomic E-state index is 12.6. The fraction of sp³-hybridized carbons (Fsp3) is 0.655. The summed E-state index contributed by atoms with van der Waals surface area (Å²) in [5, 5.41) is 0. The van der Waals surface area contributed by atoms with Crippen molar-refractivity contribution in [2.24, 2.45) is 11.7 Å². The Bertz CT molecular complexity index is 991. The first-order valence-electron chi connectivity index (χ1n) is 14.0. The van der Waals surface area contributed by atoms with Crippen LogP contribution in [0, 0.1) is 5.92 Å². The Balaban J connectivity index is 2.01. The van der Waals surface area contributed by atoms with Crippen LogP contribution >= 0.6 is 0 Å². The smallest absolute Gasteiger partial charge is 0.462 e. The molecule has 1 aliphatic rings. The van der Waals surface area contributed by atoms with E-state index in [1.807, 2.05) is 13.8 Å². The van der Waals surface area contributed by atoms with Crippen LogP contribution in [0.2, 0.25) is 0 Å². The van der Waals surface area contributed by atoms with Gasteiger partial charge >= 0.3 is 24.2 Å². The monoisotopic (exact) mass is 565 g/mol. The largest absolute Gasteiger partial charge is 0.514 e. The molecule has 2 N–H and O–H groups in total. The molecule has 0 heterocycles. The van der Waals surface area contributed by atoms with Gasteiger partial charge in [-0.25, -0.2) is 9.59 Å². The Morgan fingerprint density at radius 2 is 1.40 bits per heavy atom. The van der Waals surface area contributed by atoms with E-state index in [1.165, 1.54) is 12.1 Å². The van der Waals surface area contributed by atoms with Crippen molar-refractivity contribution < 1.29 is 47.6 Å². The molecule has 0 spiro atoms. The predicted octanol–water partition coefficient (Wildman–Crippen LogP) is 5.24. The number of ether oxygens (including phenoxy) is 6. The molecule has 224 valence electrons. The van der Waals surface area contributed by atoms with E-state index in [4.69, 9.17) is 34.2 Å². The number of carbonyl (C=O) groups is 4. The van der Waals surface area contributed by atoms with Crippen molar-refractivity contribution in [3.8, 4) is 11.5 Å². The number of esters is 2. The summed E-state index contributed by atoms with van der Waals surface area (Å²) < 4.78 is 31.5. The zero-order valence-electron chi connectivity index (χ0n) is 24.1. The first kappa shape index (κ1) is 32.9. The van der Waals surface area contributed by atoms with E-state index >= 15 is 0 Å². The first-order valence-corrected chi connectivity index (χ1v) is 14.0. The number of rotatable bonds is 13. The third kappa shape index (κ3) is 11.4. The molecular weight excluding hydrogens is 522 g/mol. The van der Waals surface area contributed by atoms with Crippen molar-refractivity contribution in [2.45, 2.75) is 110 Å². The van der Waals surface area contributed by atoms with Crippen LogP contribution in [0.4, 0.5) is 9.59 Å². The van der Waals surface area contributed by atoms with Crippen molar-refractivity contribution >= 4 is 24.2 Å². The molecule has 0 aromatic heterocycles. The van der Waals surface area contributed by atoms with Gasteiger partial charge in [0, 0.05) is 0 Å². The van der Waals surface area contributed by atoms with Crippen LogP contribution in [0.1, 0.15) is 85.1 Å². The Hall–Kier alpha value is -3.34. The highest BCUT2D eigenvalue weighted by atomic mass is 16.7. The maximum Gasteiger partial charge on any atom is 0.514 e. The molecule has 1 aromatic rings. The average Bonchev–Trinajstić information content (AvgIpc) is 2.93. The van der Waals surface area contributed by atoms with Crippen molar-refractivity contribution in [3.05, 3.63) is 23.8 Å². The zero-order chi connectivity index (χ0) is 29.7. The Kier molecular flexibility index (Phi) is 13.7. The lowest BCUT2D eigenvalue weighted by Gasteiger charge is -2.22. The molecule has 11 heteroatoms. The second-order valence-electron chi connectivity index (χ2n) is 10.2. The summed E-state index contributed by atoms with van der Waals surface area (Å²) in [6, 6.07) is 3.34.